The molecule has 112 valence electrons. The maximum atomic E-state index is 6.31. The van der Waals surface area contributed by atoms with Gasteiger partial charge in [-0.1, -0.05) is 59.6 Å². The van der Waals surface area contributed by atoms with Crippen LogP contribution in [0, 0.1) is 0 Å². The second-order valence-corrected chi connectivity index (χ2v) is 5.82. The molecule has 0 bridgehead atoms. The van der Waals surface area contributed by atoms with E-state index in [1.807, 2.05) is 42.6 Å². The van der Waals surface area contributed by atoms with Gasteiger partial charge in [-0.3, -0.25) is 0 Å². The quantitative estimate of drug-likeness (QED) is 0.690. The van der Waals surface area contributed by atoms with Gasteiger partial charge in [0.1, 0.15) is 0 Å². The summed E-state index contributed by atoms with van der Waals surface area (Å²) in [5, 5.41) is 4.59. The van der Waals surface area contributed by atoms with Crippen LogP contribution in [0.2, 0.25) is 10.0 Å². The molecular weight excluding hydrogens is 315 g/mol. The van der Waals surface area contributed by atoms with Crippen molar-refractivity contribution in [2.75, 3.05) is 0 Å². The first-order chi connectivity index (χ1) is 10.8. The van der Waals surface area contributed by atoms with Crippen LogP contribution in [0.4, 0.5) is 0 Å². The predicted octanol–water partition coefficient (Wildman–Crippen LogP) is 5.07. The Labute approximate surface area is 140 Å². The van der Waals surface area contributed by atoms with Crippen molar-refractivity contribution in [2.45, 2.75) is 13.1 Å². The molecular formula is C18H16Cl2N2. The molecule has 0 radical (unpaired) electrons. The molecule has 0 aliphatic rings. The largest absolute Gasteiger partial charge is 0.318 e. The van der Waals surface area contributed by atoms with Crippen molar-refractivity contribution >= 4 is 23.2 Å². The van der Waals surface area contributed by atoms with E-state index >= 15 is 0 Å². The molecule has 1 heterocycles. The van der Waals surface area contributed by atoms with Crippen LogP contribution in [0.1, 0.15) is 11.3 Å². The zero-order valence-electron chi connectivity index (χ0n) is 12.0. The third-order valence-electron chi connectivity index (χ3n) is 3.50. The minimum atomic E-state index is 0.566. The molecule has 1 N–H and O–H groups in total. The lowest BCUT2D eigenvalue weighted by Crippen LogP contribution is -2.15. The van der Waals surface area contributed by atoms with E-state index in [0.29, 0.717) is 10.0 Å². The highest BCUT2D eigenvalue weighted by Gasteiger charge is 2.09. The van der Waals surface area contributed by atoms with Gasteiger partial charge < -0.3 is 9.88 Å². The van der Waals surface area contributed by atoms with Crippen LogP contribution in [0.3, 0.4) is 0 Å². The van der Waals surface area contributed by atoms with Crippen molar-refractivity contribution < 1.29 is 0 Å². The highest BCUT2D eigenvalue weighted by molar-refractivity contribution is 6.43. The summed E-state index contributed by atoms with van der Waals surface area (Å²) in [6, 6.07) is 20.1. The number of nitrogens with one attached hydrogen (secondary N) is 1. The molecule has 0 atom stereocenters. The number of rotatable bonds is 5. The average Bonchev–Trinajstić information content (AvgIpc) is 2.99. The molecule has 2 nitrogen and oxygen atoms in total. The summed E-state index contributed by atoms with van der Waals surface area (Å²) in [4.78, 5) is 0. The van der Waals surface area contributed by atoms with Gasteiger partial charge in [0.2, 0.25) is 0 Å². The van der Waals surface area contributed by atoms with Crippen molar-refractivity contribution in [1.29, 1.82) is 0 Å². The Morgan fingerprint density at radius 1 is 0.818 bits per heavy atom. The van der Waals surface area contributed by atoms with Gasteiger partial charge in [-0.15, -0.1) is 0 Å². The van der Waals surface area contributed by atoms with Gasteiger partial charge in [-0.2, -0.15) is 0 Å². The highest BCUT2D eigenvalue weighted by atomic mass is 35.5. The van der Waals surface area contributed by atoms with Crippen LogP contribution >= 0.6 is 23.2 Å². The summed E-state index contributed by atoms with van der Waals surface area (Å²) in [6.07, 6.45) is 2.00. The first kappa shape index (κ1) is 15.2. The molecule has 22 heavy (non-hydrogen) atoms. The maximum absolute atomic E-state index is 6.31. The molecule has 0 fully saturated rings. The fourth-order valence-corrected chi connectivity index (χ4v) is 2.79. The maximum Gasteiger partial charge on any atom is 0.0832 e. The van der Waals surface area contributed by atoms with E-state index in [9.17, 15) is 0 Å². The van der Waals surface area contributed by atoms with Gasteiger partial charge in [0.15, 0.2) is 0 Å². The van der Waals surface area contributed by atoms with Crippen LogP contribution in [-0.2, 0) is 13.1 Å². The fraction of sp³-hybridized carbons (Fsp3) is 0.111. The Morgan fingerprint density at radius 2 is 1.64 bits per heavy atom. The molecule has 3 aromatic rings. The lowest BCUT2D eigenvalue weighted by molar-refractivity contribution is 0.669. The summed E-state index contributed by atoms with van der Waals surface area (Å²) in [5.41, 5.74) is 3.30. The van der Waals surface area contributed by atoms with Crippen molar-refractivity contribution in [3.05, 3.63) is 88.2 Å². The van der Waals surface area contributed by atoms with E-state index in [2.05, 4.69) is 28.1 Å². The summed E-state index contributed by atoms with van der Waals surface area (Å²) in [5.74, 6) is 0. The Kier molecular flexibility index (Phi) is 4.84. The first-order valence-corrected chi connectivity index (χ1v) is 7.86. The van der Waals surface area contributed by atoms with Gasteiger partial charge in [-0.05, 0) is 29.8 Å². The number of aromatic nitrogens is 1. The van der Waals surface area contributed by atoms with Crippen LogP contribution < -0.4 is 5.32 Å². The SMILES string of the molecule is Clc1cccc(-n2cccc2CNCc2ccccc2)c1Cl. The molecule has 1 aromatic heterocycles. The van der Waals surface area contributed by atoms with Crippen LogP contribution in [0.5, 0.6) is 0 Å². The van der Waals surface area contributed by atoms with Crippen molar-refractivity contribution in [2.24, 2.45) is 0 Å². The van der Waals surface area contributed by atoms with Gasteiger partial charge in [-0.25, -0.2) is 0 Å². The second kappa shape index (κ2) is 7.01. The van der Waals surface area contributed by atoms with Gasteiger partial charge >= 0.3 is 0 Å². The molecule has 0 saturated carbocycles. The Bertz CT molecular complexity index is 751. The zero-order chi connectivity index (χ0) is 15.4. The predicted molar refractivity (Wildman–Crippen MR) is 92.8 cm³/mol. The number of nitrogens with zero attached hydrogens (tertiary/aromatic N) is 1. The molecule has 0 unspecified atom stereocenters. The minimum absolute atomic E-state index is 0.566. The average molecular weight is 331 g/mol. The molecule has 0 saturated heterocycles. The molecule has 2 aromatic carbocycles. The Balaban J connectivity index is 1.74. The minimum Gasteiger partial charge on any atom is -0.318 e. The smallest absolute Gasteiger partial charge is 0.0832 e. The molecule has 0 amide bonds. The normalized spacial score (nSPS) is 10.8. The number of halogens is 2. The summed E-state index contributed by atoms with van der Waals surface area (Å²) < 4.78 is 2.06. The van der Waals surface area contributed by atoms with E-state index in [-0.39, 0.29) is 0 Å². The van der Waals surface area contributed by atoms with Gasteiger partial charge in [0.25, 0.3) is 0 Å². The lowest BCUT2D eigenvalue weighted by atomic mass is 10.2. The number of hydrogen-bond acceptors (Lipinski definition) is 1. The number of benzene rings is 2. The third kappa shape index (κ3) is 3.36. The van der Waals surface area contributed by atoms with E-state index in [1.54, 1.807) is 6.07 Å². The van der Waals surface area contributed by atoms with E-state index in [4.69, 9.17) is 23.2 Å². The standard InChI is InChI=1S/C18H16Cl2N2/c19-16-9-4-10-17(18(16)20)22-11-5-8-15(22)13-21-12-14-6-2-1-3-7-14/h1-11,21H,12-13H2. The Morgan fingerprint density at radius 3 is 2.45 bits per heavy atom. The molecule has 4 heteroatoms. The Hall–Kier alpha value is -1.74. The molecule has 0 aliphatic carbocycles. The van der Waals surface area contributed by atoms with Gasteiger partial charge in [0, 0.05) is 25.0 Å². The van der Waals surface area contributed by atoms with Crippen LogP contribution in [0.25, 0.3) is 5.69 Å². The van der Waals surface area contributed by atoms with Crippen LogP contribution in [-0.4, -0.2) is 4.57 Å². The second-order valence-electron chi connectivity index (χ2n) is 5.03. The van der Waals surface area contributed by atoms with Gasteiger partial charge in [0.05, 0.1) is 15.7 Å². The van der Waals surface area contributed by atoms with Crippen molar-refractivity contribution in [3.63, 3.8) is 0 Å². The fourth-order valence-electron chi connectivity index (χ4n) is 2.40. The molecule has 0 aliphatic heterocycles. The summed E-state index contributed by atoms with van der Waals surface area (Å²) in [7, 11) is 0. The van der Waals surface area contributed by atoms with Crippen LogP contribution in [0.15, 0.2) is 66.9 Å². The van der Waals surface area contributed by atoms with Crippen molar-refractivity contribution in [1.82, 2.24) is 9.88 Å². The highest BCUT2D eigenvalue weighted by Crippen LogP contribution is 2.29. The topological polar surface area (TPSA) is 17.0 Å². The van der Waals surface area contributed by atoms with Crippen molar-refractivity contribution in [3.8, 4) is 5.69 Å². The zero-order valence-corrected chi connectivity index (χ0v) is 13.5. The van der Waals surface area contributed by atoms with E-state index in [0.717, 1.165) is 24.5 Å². The van der Waals surface area contributed by atoms with E-state index in [1.165, 1.54) is 5.56 Å². The monoisotopic (exact) mass is 330 g/mol. The third-order valence-corrected chi connectivity index (χ3v) is 4.31. The first-order valence-electron chi connectivity index (χ1n) is 7.11. The lowest BCUT2D eigenvalue weighted by Gasteiger charge is -2.12. The summed E-state index contributed by atoms with van der Waals surface area (Å²) in [6.45, 7) is 1.58. The van der Waals surface area contributed by atoms with E-state index < -0.39 is 0 Å². The number of hydrogen-bond donors (Lipinski definition) is 1. The summed E-state index contributed by atoms with van der Waals surface area (Å²) >= 11 is 12.4. The molecule has 0 spiro atoms. The molecule has 3 rings (SSSR count).